The first kappa shape index (κ1) is 38.5. The van der Waals surface area contributed by atoms with Gasteiger partial charge in [-0.15, -0.1) is 0 Å². The van der Waals surface area contributed by atoms with Crippen molar-refractivity contribution in [2.75, 3.05) is 4.90 Å². The Hall–Kier alpha value is -5.01. The van der Waals surface area contributed by atoms with Crippen molar-refractivity contribution in [1.29, 1.82) is 0 Å². The van der Waals surface area contributed by atoms with Crippen molar-refractivity contribution in [3.8, 4) is 0 Å². The predicted molar refractivity (Wildman–Crippen MR) is 262 cm³/mol. The van der Waals surface area contributed by atoms with Crippen LogP contribution in [0.15, 0.2) is 127 Å². The first-order valence-corrected chi connectivity index (χ1v) is 31.6. The normalized spacial score (nSPS) is 17.3. The molecule has 0 atom stereocenters. The van der Waals surface area contributed by atoms with Crippen LogP contribution >= 0.6 is 0 Å². The SMILES string of the molecule is C[Si]1(C)Cc2ccc(/C=C/c3ccc(N(c4ccc(/C=C/c5ccc6c(c5)C[Si](C)(C)C6)cc4)c4ccc(/C=C/c5cccc6c5C[Si](C)(C)C6)cc4)cc3)cc2C1. The fourth-order valence-electron chi connectivity index (χ4n) is 9.83. The quantitative estimate of drug-likeness (QED) is 0.104. The summed E-state index contributed by atoms with van der Waals surface area (Å²) in [4.78, 5) is 2.38. The van der Waals surface area contributed by atoms with Crippen molar-refractivity contribution in [2.45, 2.75) is 75.5 Å². The highest BCUT2D eigenvalue weighted by atomic mass is 28.3. The lowest BCUT2D eigenvalue weighted by molar-refractivity contribution is 1.28. The van der Waals surface area contributed by atoms with Gasteiger partial charge in [0.25, 0.3) is 0 Å². The molecule has 0 N–H and O–H groups in total. The maximum absolute atomic E-state index is 2.52. The molecule has 6 aromatic rings. The highest BCUT2D eigenvalue weighted by molar-refractivity contribution is 6.78. The lowest BCUT2D eigenvalue weighted by Crippen LogP contribution is -2.26. The molecular weight excluding hydrogens is 747 g/mol. The summed E-state index contributed by atoms with van der Waals surface area (Å²) >= 11 is 0. The highest BCUT2D eigenvalue weighted by Gasteiger charge is 2.32. The van der Waals surface area contributed by atoms with Crippen molar-refractivity contribution < 1.29 is 0 Å². The van der Waals surface area contributed by atoms with E-state index < -0.39 is 24.2 Å². The lowest BCUT2D eigenvalue weighted by atomic mass is 10.0. The summed E-state index contributed by atoms with van der Waals surface area (Å²) in [7, 11) is -3.42. The standard InChI is InChI=1S/C54H57NSi3/c1-56(2)34-46-24-15-43(32-49(46)37-56)12-10-40-17-26-51(27-18-40)55(52-28-19-41(20-29-52)11-13-44-16-25-47-35-57(3,4)38-50(47)33-44)53-30-21-42(22-31-53)14-23-45-8-7-9-48-36-58(5,6)39-54(45)48/h7-33H,34-39H2,1-6H3/b12-10+,13-11+,23-14+. The predicted octanol–water partition coefficient (Wildman–Crippen LogP) is 14.3. The molecule has 0 radical (unpaired) electrons. The zero-order chi connectivity index (χ0) is 40.1. The smallest absolute Gasteiger partial charge is 0.0561 e. The van der Waals surface area contributed by atoms with E-state index >= 15 is 0 Å². The van der Waals surface area contributed by atoms with Gasteiger partial charge in [0, 0.05) is 17.1 Å². The maximum atomic E-state index is 2.52. The van der Waals surface area contributed by atoms with Crippen LogP contribution in [0.4, 0.5) is 17.1 Å². The van der Waals surface area contributed by atoms with Gasteiger partial charge >= 0.3 is 0 Å². The Morgan fingerprint density at radius 2 is 0.707 bits per heavy atom. The van der Waals surface area contributed by atoms with Crippen LogP contribution in [0.2, 0.25) is 39.3 Å². The van der Waals surface area contributed by atoms with Gasteiger partial charge in [-0.3, -0.25) is 0 Å². The topological polar surface area (TPSA) is 3.24 Å². The van der Waals surface area contributed by atoms with Crippen molar-refractivity contribution in [2.24, 2.45) is 0 Å². The minimum atomic E-state index is -1.18. The van der Waals surface area contributed by atoms with Crippen LogP contribution in [0.3, 0.4) is 0 Å². The Balaban J connectivity index is 0.971. The number of hydrogen-bond donors (Lipinski definition) is 0. The molecule has 0 fully saturated rings. The molecule has 4 heteroatoms. The van der Waals surface area contributed by atoms with Crippen LogP contribution in [-0.4, -0.2) is 24.2 Å². The lowest BCUT2D eigenvalue weighted by Gasteiger charge is -2.26. The van der Waals surface area contributed by atoms with Gasteiger partial charge in [-0.2, -0.15) is 0 Å². The average Bonchev–Trinajstić information content (AvgIpc) is 3.82. The molecule has 1 nitrogen and oxygen atoms in total. The Morgan fingerprint density at radius 1 is 0.345 bits per heavy atom. The molecule has 0 bridgehead atoms. The van der Waals surface area contributed by atoms with Crippen molar-refractivity contribution in [3.05, 3.63) is 194 Å². The number of fused-ring (bicyclic) bond motifs is 3. The Morgan fingerprint density at radius 3 is 1.17 bits per heavy atom. The third kappa shape index (κ3) is 8.56. The third-order valence-corrected chi connectivity index (χ3v) is 20.6. The minimum Gasteiger partial charge on any atom is -0.311 e. The molecule has 6 aromatic carbocycles. The van der Waals surface area contributed by atoms with Crippen molar-refractivity contribution in [3.63, 3.8) is 0 Å². The molecule has 9 rings (SSSR count). The maximum Gasteiger partial charge on any atom is 0.0561 e. The molecular formula is C54H57NSi3. The van der Waals surface area contributed by atoms with Gasteiger partial charge in [-0.25, -0.2) is 0 Å². The van der Waals surface area contributed by atoms with E-state index in [0.717, 1.165) is 17.1 Å². The summed E-state index contributed by atoms with van der Waals surface area (Å²) in [5, 5.41) is 0. The van der Waals surface area contributed by atoms with Crippen LogP contribution in [0, 0.1) is 0 Å². The Kier molecular flexibility index (Phi) is 10.2. The molecule has 3 aliphatic heterocycles. The summed E-state index contributed by atoms with van der Waals surface area (Å²) < 4.78 is 0. The van der Waals surface area contributed by atoms with Crippen molar-refractivity contribution >= 4 is 77.7 Å². The molecule has 290 valence electrons. The van der Waals surface area contributed by atoms with E-state index in [-0.39, 0.29) is 0 Å². The summed E-state index contributed by atoms with van der Waals surface area (Å²) in [5.41, 5.74) is 20.4. The van der Waals surface area contributed by atoms with Gasteiger partial charge in [0.2, 0.25) is 0 Å². The largest absolute Gasteiger partial charge is 0.311 e. The van der Waals surface area contributed by atoms with E-state index in [1.807, 2.05) is 0 Å². The van der Waals surface area contributed by atoms with Gasteiger partial charge in [-0.05, 0) is 139 Å². The van der Waals surface area contributed by atoms with E-state index in [1.54, 1.807) is 33.4 Å². The second-order valence-corrected chi connectivity index (χ2v) is 34.8. The van der Waals surface area contributed by atoms with Crippen LogP contribution < -0.4 is 4.90 Å². The zero-order valence-electron chi connectivity index (χ0n) is 35.3. The third-order valence-electron chi connectivity index (χ3n) is 12.6. The van der Waals surface area contributed by atoms with E-state index in [2.05, 4.69) is 208 Å². The number of rotatable bonds is 9. The van der Waals surface area contributed by atoms with Crippen molar-refractivity contribution in [1.82, 2.24) is 0 Å². The van der Waals surface area contributed by atoms with Crippen LogP contribution in [0.1, 0.15) is 66.8 Å². The Bertz CT molecular complexity index is 2450. The van der Waals surface area contributed by atoms with Gasteiger partial charge in [0.1, 0.15) is 0 Å². The number of hydrogen-bond acceptors (Lipinski definition) is 1. The van der Waals surface area contributed by atoms with E-state index in [0.29, 0.717) is 0 Å². The first-order valence-electron chi connectivity index (χ1n) is 21.3. The van der Waals surface area contributed by atoms with Crippen LogP contribution in [-0.2, 0) is 36.3 Å². The fourth-order valence-corrected chi connectivity index (χ4v) is 18.4. The molecule has 0 amide bonds. The monoisotopic (exact) mass is 803 g/mol. The summed E-state index contributed by atoms with van der Waals surface area (Å²) in [5.74, 6) is 0. The first-order chi connectivity index (χ1) is 27.8. The zero-order valence-corrected chi connectivity index (χ0v) is 38.3. The fraction of sp³-hybridized carbons (Fsp3) is 0.222. The molecule has 0 aromatic heterocycles. The van der Waals surface area contributed by atoms with Gasteiger partial charge in [0.15, 0.2) is 0 Å². The second-order valence-electron chi connectivity index (χ2n) is 19.7. The number of nitrogens with zero attached hydrogens (tertiary/aromatic N) is 1. The molecule has 0 aliphatic carbocycles. The second kappa shape index (κ2) is 15.3. The molecule has 0 unspecified atom stereocenters. The molecule has 0 spiro atoms. The average molecular weight is 804 g/mol. The Labute approximate surface area is 350 Å². The molecule has 3 aliphatic rings. The summed E-state index contributed by atoms with van der Waals surface area (Å²) in [6.07, 6.45) is 13.7. The molecule has 0 saturated carbocycles. The number of anilines is 3. The van der Waals surface area contributed by atoms with E-state index in [9.17, 15) is 0 Å². The summed E-state index contributed by atoms with van der Waals surface area (Å²) in [6, 6.07) is 55.9. The van der Waals surface area contributed by atoms with E-state index in [4.69, 9.17) is 0 Å². The molecule has 3 heterocycles. The molecule has 0 saturated heterocycles. The van der Waals surface area contributed by atoms with Gasteiger partial charge in [0.05, 0.1) is 24.2 Å². The number of benzene rings is 6. The minimum absolute atomic E-state index is 1.12. The van der Waals surface area contributed by atoms with Gasteiger partial charge in [-0.1, -0.05) is 167 Å². The van der Waals surface area contributed by atoms with E-state index in [1.165, 1.54) is 69.6 Å². The van der Waals surface area contributed by atoms with Gasteiger partial charge < -0.3 is 4.90 Å². The van der Waals surface area contributed by atoms with Crippen LogP contribution in [0.25, 0.3) is 36.5 Å². The summed E-state index contributed by atoms with van der Waals surface area (Å²) in [6.45, 7) is 15.1. The van der Waals surface area contributed by atoms with Crippen LogP contribution in [0.5, 0.6) is 0 Å². The highest BCUT2D eigenvalue weighted by Crippen LogP contribution is 2.37. The molecule has 58 heavy (non-hydrogen) atoms.